The SMILES string of the molecule is C[C@H](NC(=O)[C@H](CS)NC(=O)CNC(=O)CNC(=O)CN)C(=O)O. The zero-order chi connectivity index (χ0) is 18.7. The molecule has 0 aliphatic rings. The van der Waals surface area contributed by atoms with Crippen LogP contribution in [0, 0.1) is 0 Å². The molecule has 0 fully saturated rings. The molecular formula is C12H21N5O6S. The lowest BCUT2D eigenvalue weighted by Crippen LogP contribution is -2.53. The fraction of sp³-hybridized carbons (Fsp3) is 0.583. The van der Waals surface area contributed by atoms with Crippen LogP contribution in [0.3, 0.4) is 0 Å². The molecule has 2 atom stereocenters. The molecule has 4 amide bonds. The van der Waals surface area contributed by atoms with Gasteiger partial charge >= 0.3 is 5.97 Å². The first-order valence-electron chi connectivity index (χ1n) is 6.88. The van der Waals surface area contributed by atoms with Crippen molar-refractivity contribution in [3.8, 4) is 0 Å². The van der Waals surface area contributed by atoms with Gasteiger partial charge in [-0.05, 0) is 6.92 Å². The van der Waals surface area contributed by atoms with Crippen LogP contribution in [0.4, 0.5) is 0 Å². The largest absolute Gasteiger partial charge is 0.480 e. The third kappa shape index (κ3) is 8.95. The van der Waals surface area contributed by atoms with Gasteiger partial charge in [0.1, 0.15) is 12.1 Å². The molecule has 136 valence electrons. The summed E-state index contributed by atoms with van der Waals surface area (Å²) in [5.74, 6) is -3.81. The smallest absolute Gasteiger partial charge is 0.325 e. The minimum atomic E-state index is -1.22. The van der Waals surface area contributed by atoms with Crippen LogP contribution >= 0.6 is 12.6 Å². The maximum atomic E-state index is 11.8. The van der Waals surface area contributed by atoms with E-state index in [0.29, 0.717) is 0 Å². The summed E-state index contributed by atoms with van der Waals surface area (Å²) in [4.78, 5) is 56.4. The number of rotatable bonds is 10. The van der Waals surface area contributed by atoms with Gasteiger partial charge in [0.25, 0.3) is 0 Å². The van der Waals surface area contributed by atoms with Crippen LogP contribution in [0.15, 0.2) is 0 Å². The minimum Gasteiger partial charge on any atom is -0.480 e. The van der Waals surface area contributed by atoms with Gasteiger partial charge in [0.05, 0.1) is 19.6 Å². The van der Waals surface area contributed by atoms with E-state index in [4.69, 9.17) is 10.8 Å². The number of nitrogens with one attached hydrogen (secondary N) is 4. The molecule has 0 spiro atoms. The summed E-state index contributed by atoms with van der Waals surface area (Å²) in [6.07, 6.45) is 0. The van der Waals surface area contributed by atoms with Crippen molar-refractivity contribution in [3.05, 3.63) is 0 Å². The third-order valence-corrected chi connectivity index (χ3v) is 3.01. The molecule has 24 heavy (non-hydrogen) atoms. The summed E-state index contributed by atoms with van der Waals surface area (Å²) in [5.41, 5.74) is 5.04. The van der Waals surface area contributed by atoms with Gasteiger partial charge in [-0.25, -0.2) is 0 Å². The molecule has 0 aromatic heterocycles. The number of carboxylic acids is 1. The van der Waals surface area contributed by atoms with Crippen LogP contribution in [0.1, 0.15) is 6.92 Å². The Hall–Kier alpha value is -2.34. The lowest BCUT2D eigenvalue weighted by atomic mass is 10.2. The first-order valence-corrected chi connectivity index (χ1v) is 7.51. The highest BCUT2D eigenvalue weighted by Gasteiger charge is 2.23. The Balaban J connectivity index is 4.27. The van der Waals surface area contributed by atoms with Gasteiger partial charge in [0.15, 0.2) is 0 Å². The molecule has 11 nitrogen and oxygen atoms in total. The van der Waals surface area contributed by atoms with Crippen LogP contribution in [-0.4, -0.2) is 72.2 Å². The van der Waals surface area contributed by atoms with E-state index in [9.17, 15) is 24.0 Å². The van der Waals surface area contributed by atoms with Crippen molar-refractivity contribution in [2.24, 2.45) is 5.73 Å². The van der Waals surface area contributed by atoms with Crippen LogP contribution < -0.4 is 27.0 Å². The molecule has 12 heteroatoms. The number of carboxylic acid groups (broad SMARTS) is 1. The highest BCUT2D eigenvalue weighted by atomic mass is 32.1. The Morgan fingerprint density at radius 3 is 2.04 bits per heavy atom. The second-order valence-corrected chi connectivity index (χ2v) is 4.99. The van der Waals surface area contributed by atoms with E-state index in [1.54, 1.807) is 0 Å². The maximum absolute atomic E-state index is 11.8. The number of carbonyl (C=O) groups is 5. The van der Waals surface area contributed by atoms with Crippen molar-refractivity contribution in [2.75, 3.05) is 25.4 Å². The van der Waals surface area contributed by atoms with Crippen molar-refractivity contribution in [1.29, 1.82) is 0 Å². The van der Waals surface area contributed by atoms with Gasteiger partial charge in [-0.2, -0.15) is 12.6 Å². The monoisotopic (exact) mass is 363 g/mol. The summed E-state index contributed by atoms with van der Waals surface area (Å²) < 4.78 is 0. The molecule has 0 aliphatic carbocycles. The number of thiol groups is 1. The van der Waals surface area contributed by atoms with Gasteiger partial charge < -0.3 is 32.1 Å². The van der Waals surface area contributed by atoms with E-state index in [1.807, 2.05) is 0 Å². The Labute approximate surface area is 143 Å². The van der Waals surface area contributed by atoms with Crippen molar-refractivity contribution in [3.63, 3.8) is 0 Å². The highest BCUT2D eigenvalue weighted by molar-refractivity contribution is 7.80. The predicted molar refractivity (Wildman–Crippen MR) is 86.1 cm³/mol. The first kappa shape index (κ1) is 21.7. The van der Waals surface area contributed by atoms with Crippen molar-refractivity contribution < 1.29 is 29.1 Å². The average Bonchev–Trinajstić information content (AvgIpc) is 2.54. The third-order valence-electron chi connectivity index (χ3n) is 2.64. The summed E-state index contributed by atoms with van der Waals surface area (Å²) in [6.45, 7) is 0.244. The molecule has 0 aliphatic heterocycles. The molecular weight excluding hydrogens is 342 g/mol. The number of hydrogen-bond acceptors (Lipinski definition) is 7. The van der Waals surface area contributed by atoms with E-state index in [2.05, 4.69) is 33.9 Å². The quantitative estimate of drug-likeness (QED) is 0.194. The molecule has 0 saturated heterocycles. The fourth-order valence-corrected chi connectivity index (χ4v) is 1.56. The van der Waals surface area contributed by atoms with Crippen molar-refractivity contribution in [1.82, 2.24) is 21.3 Å². The Morgan fingerprint density at radius 1 is 1.00 bits per heavy atom. The number of aliphatic carboxylic acids is 1. The van der Waals surface area contributed by atoms with E-state index < -0.39 is 48.2 Å². The second kappa shape index (κ2) is 11.2. The van der Waals surface area contributed by atoms with E-state index in [-0.39, 0.29) is 18.8 Å². The number of carbonyl (C=O) groups excluding carboxylic acids is 4. The van der Waals surface area contributed by atoms with E-state index in [1.165, 1.54) is 6.92 Å². The number of nitrogens with two attached hydrogens (primary N) is 1. The normalized spacial score (nSPS) is 12.5. The molecule has 0 saturated carbocycles. The number of hydrogen-bond donors (Lipinski definition) is 7. The van der Waals surface area contributed by atoms with Crippen molar-refractivity contribution >= 4 is 42.2 Å². The van der Waals surface area contributed by atoms with E-state index >= 15 is 0 Å². The molecule has 0 bridgehead atoms. The average molecular weight is 363 g/mol. The molecule has 0 rings (SSSR count). The highest BCUT2D eigenvalue weighted by Crippen LogP contribution is 1.91. The van der Waals surface area contributed by atoms with Gasteiger partial charge in [-0.3, -0.25) is 24.0 Å². The van der Waals surface area contributed by atoms with Gasteiger partial charge in [-0.1, -0.05) is 0 Å². The van der Waals surface area contributed by atoms with Crippen LogP contribution in [0.5, 0.6) is 0 Å². The molecule has 0 aromatic rings. The number of amides is 4. The van der Waals surface area contributed by atoms with Gasteiger partial charge in [0.2, 0.25) is 23.6 Å². The predicted octanol–water partition coefficient (Wildman–Crippen LogP) is -3.82. The standard InChI is InChI=1S/C12H21N5O6S/c1-6(12(22)23)16-11(21)7(5-24)17-10(20)4-15-9(19)3-14-8(18)2-13/h6-7,24H,2-5,13H2,1H3,(H,14,18)(H,15,19)(H,16,21)(H,17,20)(H,22,23)/t6-,7-/m0/s1. The second-order valence-electron chi connectivity index (χ2n) is 4.63. The molecule has 0 unspecified atom stereocenters. The van der Waals surface area contributed by atoms with Crippen LogP contribution in [0.2, 0.25) is 0 Å². The lowest BCUT2D eigenvalue weighted by molar-refractivity contribution is -0.141. The summed E-state index contributed by atoms with van der Waals surface area (Å²) in [6, 6.07) is -2.18. The Kier molecular flexibility index (Phi) is 10.1. The molecule has 0 heterocycles. The summed E-state index contributed by atoms with van der Waals surface area (Å²) >= 11 is 3.91. The van der Waals surface area contributed by atoms with Gasteiger partial charge in [-0.15, -0.1) is 0 Å². The zero-order valence-corrected chi connectivity index (χ0v) is 13.9. The minimum absolute atomic E-state index is 0.0651. The first-order chi connectivity index (χ1) is 11.2. The summed E-state index contributed by atoms with van der Waals surface area (Å²) in [7, 11) is 0. The zero-order valence-electron chi connectivity index (χ0n) is 13.0. The topological polar surface area (TPSA) is 180 Å². The maximum Gasteiger partial charge on any atom is 0.325 e. The lowest BCUT2D eigenvalue weighted by Gasteiger charge is -2.18. The molecule has 0 aromatic carbocycles. The Bertz CT molecular complexity index is 500. The summed E-state index contributed by atoms with van der Waals surface area (Å²) in [5, 5.41) is 17.7. The van der Waals surface area contributed by atoms with Crippen LogP contribution in [0.25, 0.3) is 0 Å². The van der Waals surface area contributed by atoms with Crippen LogP contribution in [-0.2, 0) is 24.0 Å². The van der Waals surface area contributed by atoms with Crippen molar-refractivity contribution in [2.45, 2.75) is 19.0 Å². The van der Waals surface area contributed by atoms with E-state index in [0.717, 1.165) is 0 Å². The van der Waals surface area contributed by atoms with Gasteiger partial charge in [0, 0.05) is 5.75 Å². The molecule has 7 N–H and O–H groups in total. The molecule has 0 radical (unpaired) electrons. The Morgan fingerprint density at radius 2 is 1.54 bits per heavy atom. The fourth-order valence-electron chi connectivity index (χ4n) is 1.31.